The summed E-state index contributed by atoms with van der Waals surface area (Å²) < 4.78 is 5.28. The molecule has 22 heavy (non-hydrogen) atoms. The Morgan fingerprint density at radius 3 is 2.18 bits per heavy atom. The minimum Gasteiger partial charge on any atom is -0.460 e. The highest BCUT2D eigenvalue weighted by atomic mass is 16.6. The Morgan fingerprint density at radius 2 is 1.68 bits per heavy atom. The first-order chi connectivity index (χ1) is 9.46. The fourth-order valence-corrected chi connectivity index (χ4v) is 1.78. The van der Waals surface area contributed by atoms with Crippen LogP contribution >= 0.6 is 0 Å². The van der Waals surface area contributed by atoms with Crippen molar-refractivity contribution in [3.05, 3.63) is 35.4 Å². The molecule has 1 N–H and O–H groups in total. The molecule has 4 nitrogen and oxygen atoms in total. The lowest BCUT2D eigenvalue weighted by molar-refractivity contribution is -0.153. The number of esters is 1. The Kier molecular flexibility index (Phi) is 6.81. The van der Waals surface area contributed by atoms with Crippen molar-refractivity contribution in [1.29, 1.82) is 0 Å². The molecule has 0 aliphatic heterocycles. The first-order valence-corrected chi connectivity index (χ1v) is 7.09. The summed E-state index contributed by atoms with van der Waals surface area (Å²) in [6.45, 7) is 11.3. The molecule has 0 radical (unpaired) electrons. The van der Waals surface area contributed by atoms with Crippen molar-refractivity contribution < 1.29 is 14.3 Å². The van der Waals surface area contributed by atoms with Gasteiger partial charge in [-0.2, -0.15) is 0 Å². The molecule has 124 valence electrons. The van der Waals surface area contributed by atoms with Crippen LogP contribution in [0.5, 0.6) is 0 Å². The molecule has 0 atom stereocenters. The predicted octanol–water partition coefficient (Wildman–Crippen LogP) is 3.74. The van der Waals surface area contributed by atoms with Crippen LogP contribution in [0.4, 0.5) is 0 Å². The van der Waals surface area contributed by atoms with Gasteiger partial charge in [-0.15, -0.1) is 0 Å². The van der Waals surface area contributed by atoms with Crippen LogP contribution in [0.1, 0.15) is 64.9 Å². The highest BCUT2D eigenvalue weighted by Crippen LogP contribution is 2.12. The van der Waals surface area contributed by atoms with Crippen molar-refractivity contribution in [2.45, 2.75) is 66.5 Å². The molecule has 1 rings (SSSR count). The standard InChI is InChI=1S/C17H25NO3.CH4/c1-16(2,3)18-15(20)13-9-7-8-12(10-13)11-14(19)21-17(4,5)6;/h7-10H,11H2,1-6H3,(H,18,20);1H4. The first kappa shape index (κ1) is 20.2. The van der Waals surface area contributed by atoms with E-state index in [1.54, 1.807) is 18.2 Å². The minimum atomic E-state index is -0.502. The number of carbonyl (C=O) groups is 2. The molecule has 0 aliphatic carbocycles. The van der Waals surface area contributed by atoms with Gasteiger partial charge in [0.2, 0.25) is 0 Å². The highest BCUT2D eigenvalue weighted by molar-refractivity contribution is 5.95. The largest absolute Gasteiger partial charge is 0.460 e. The summed E-state index contributed by atoms with van der Waals surface area (Å²) in [5.41, 5.74) is 0.521. The molecule has 1 aromatic carbocycles. The summed E-state index contributed by atoms with van der Waals surface area (Å²) in [5.74, 6) is -0.440. The van der Waals surface area contributed by atoms with E-state index >= 15 is 0 Å². The Hall–Kier alpha value is -1.84. The fourth-order valence-electron chi connectivity index (χ4n) is 1.78. The van der Waals surface area contributed by atoms with Crippen LogP contribution in [0.2, 0.25) is 0 Å². The summed E-state index contributed by atoms with van der Waals surface area (Å²) in [5, 5.41) is 2.90. The van der Waals surface area contributed by atoms with E-state index in [9.17, 15) is 9.59 Å². The number of nitrogens with one attached hydrogen (secondary N) is 1. The molecule has 1 amide bonds. The van der Waals surface area contributed by atoms with Gasteiger partial charge in [0.25, 0.3) is 5.91 Å². The average molecular weight is 307 g/mol. The third-order valence-corrected chi connectivity index (χ3v) is 2.45. The lowest BCUT2D eigenvalue weighted by Crippen LogP contribution is -2.40. The van der Waals surface area contributed by atoms with E-state index in [2.05, 4.69) is 5.32 Å². The van der Waals surface area contributed by atoms with E-state index in [-0.39, 0.29) is 31.3 Å². The average Bonchev–Trinajstić information content (AvgIpc) is 2.24. The lowest BCUT2D eigenvalue weighted by Gasteiger charge is -2.21. The van der Waals surface area contributed by atoms with Crippen molar-refractivity contribution in [2.24, 2.45) is 0 Å². The van der Waals surface area contributed by atoms with Gasteiger partial charge in [-0.3, -0.25) is 9.59 Å². The van der Waals surface area contributed by atoms with Gasteiger partial charge in [0.1, 0.15) is 5.60 Å². The molecule has 0 saturated heterocycles. The molecule has 0 bridgehead atoms. The summed E-state index contributed by atoms with van der Waals surface area (Å²) in [6.07, 6.45) is 0.161. The molecule has 0 aromatic heterocycles. The van der Waals surface area contributed by atoms with E-state index in [4.69, 9.17) is 4.74 Å². The lowest BCUT2D eigenvalue weighted by atomic mass is 10.0. The van der Waals surface area contributed by atoms with Crippen LogP contribution < -0.4 is 5.32 Å². The monoisotopic (exact) mass is 307 g/mol. The smallest absolute Gasteiger partial charge is 0.310 e. The summed E-state index contributed by atoms with van der Waals surface area (Å²) in [4.78, 5) is 23.9. The minimum absolute atomic E-state index is 0. The van der Waals surface area contributed by atoms with E-state index < -0.39 is 5.60 Å². The number of benzene rings is 1. The Morgan fingerprint density at radius 1 is 1.09 bits per heavy atom. The van der Waals surface area contributed by atoms with Gasteiger partial charge in [0, 0.05) is 11.1 Å². The van der Waals surface area contributed by atoms with Crippen molar-refractivity contribution in [3.63, 3.8) is 0 Å². The van der Waals surface area contributed by atoms with Gasteiger partial charge in [-0.25, -0.2) is 0 Å². The number of rotatable bonds is 3. The highest BCUT2D eigenvalue weighted by Gasteiger charge is 2.18. The number of hydrogen-bond acceptors (Lipinski definition) is 3. The number of carbonyl (C=O) groups excluding carboxylic acids is 2. The zero-order valence-electron chi connectivity index (χ0n) is 13.7. The molecule has 0 spiro atoms. The molecule has 0 saturated carbocycles. The second-order valence-corrected chi connectivity index (χ2v) is 7.17. The second kappa shape index (κ2) is 7.43. The SMILES string of the molecule is C.CC(C)(C)NC(=O)c1cccc(CC(=O)OC(C)(C)C)c1. The third-order valence-electron chi connectivity index (χ3n) is 2.45. The van der Waals surface area contributed by atoms with Gasteiger partial charge in [-0.1, -0.05) is 19.6 Å². The van der Waals surface area contributed by atoms with Crippen LogP contribution in [-0.4, -0.2) is 23.0 Å². The van der Waals surface area contributed by atoms with E-state index in [0.717, 1.165) is 5.56 Å². The normalized spacial score (nSPS) is 11.4. The molecule has 0 fully saturated rings. The first-order valence-electron chi connectivity index (χ1n) is 7.09. The second-order valence-electron chi connectivity index (χ2n) is 7.17. The molecule has 0 heterocycles. The molecule has 1 aromatic rings. The molecular formula is C18H29NO3. The topological polar surface area (TPSA) is 55.4 Å². The zero-order chi connectivity index (χ0) is 16.3. The maximum atomic E-state index is 12.1. The predicted molar refractivity (Wildman–Crippen MR) is 89.9 cm³/mol. The number of ether oxygens (including phenoxy) is 1. The van der Waals surface area contributed by atoms with Gasteiger partial charge in [0.15, 0.2) is 0 Å². The van der Waals surface area contributed by atoms with Crippen molar-refractivity contribution in [3.8, 4) is 0 Å². The quantitative estimate of drug-likeness (QED) is 0.866. The maximum Gasteiger partial charge on any atom is 0.310 e. The van der Waals surface area contributed by atoms with Gasteiger partial charge in [0.05, 0.1) is 6.42 Å². The summed E-state index contributed by atoms with van der Waals surface area (Å²) in [6, 6.07) is 7.06. The van der Waals surface area contributed by atoms with E-state index in [1.807, 2.05) is 47.6 Å². The fraction of sp³-hybridized carbons (Fsp3) is 0.556. The number of hydrogen-bond donors (Lipinski definition) is 1. The molecule has 0 aliphatic rings. The Balaban J connectivity index is 0.00000441. The van der Waals surface area contributed by atoms with Crippen LogP contribution in [0.25, 0.3) is 0 Å². The van der Waals surface area contributed by atoms with Crippen LogP contribution in [0.3, 0.4) is 0 Å². The van der Waals surface area contributed by atoms with Gasteiger partial charge < -0.3 is 10.1 Å². The number of amides is 1. The third kappa shape index (κ3) is 7.81. The zero-order valence-corrected chi connectivity index (χ0v) is 13.7. The molecular weight excluding hydrogens is 278 g/mol. The Bertz CT molecular complexity index is 522. The van der Waals surface area contributed by atoms with Gasteiger partial charge in [-0.05, 0) is 59.2 Å². The van der Waals surface area contributed by atoms with Crippen molar-refractivity contribution >= 4 is 11.9 Å². The van der Waals surface area contributed by atoms with E-state index in [1.165, 1.54) is 0 Å². The van der Waals surface area contributed by atoms with Crippen LogP contribution in [-0.2, 0) is 16.0 Å². The molecule has 0 unspecified atom stereocenters. The molecule has 4 heteroatoms. The van der Waals surface area contributed by atoms with E-state index in [0.29, 0.717) is 5.56 Å². The van der Waals surface area contributed by atoms with Gasteiger partial charge >= 0.3 is 5.97 Å². The van der Waals surface area contributed by atoms with Crippen LogP contribution in [0, 0.1) is 0 Å². The summed E-state index contributed by atoms with van der Waals surface area (Å²) in [7, 11) is 0. The van der Waals surface area contributed by atoms with Crippen molar-refractivity contribution in [1.82, 2.24) is 5.32 Å². The summed E-state index contributed by atoms with van der Waals surface area (Å²) >= 11 is 0. The maximum absolute atomic E-state index is 12.1. The van der Waals surface area contributed by atoms with Crippen molar-refractivity contribution in [2.75, 3.05) is 0 Å². The van der Waals surface area contributed by atoms with Crippen LogP contribution in [0.15, 0.2) is 24.3 Å². The Labute approximate surface area is 134 Å².